The van der Waals surface area contributed by atoms with Gasteiger partial charge in [0.2, 0.25) is 0 Å². The molecule has 2 aromatic rings. The van der Waals surface area contributed by atoms with Gasteiger partial charge >= 0.3 is 0 Å². The van der Waals surface area contributed by atoms with Gasteiger partial charge in [0.25, 0.3) is 0 Å². The number of nitrogens with zero attached hydrogens (tertiary/aromatic N) is 1. The van der Waals surface area contributed by atoms with Gasteiger partial charge in [0.1, 0.15) is 5.82 Å². The molecule has 0 spiro atoms. The average molecular weight is 427 g/mol. The molecule has 3 N–H and O–H groups in total. The number of halogens is 1. The summed E-state index contributed by atoms with van der Waals surface area (Å²) in [6.07, 6.45) is 1.86. The maximum atomic E-state index is 13.9. The van der Waals surface area contributed by atoms with Gasteiger partial charge in [-0.05, 0) is 56.4 Å². The lowest BCUT2D eigenvalue weighted by atomic mass is 9.88. The van der Waals surface area contributed by atoms with Gasteiger partial charge < -0.3 is 20.7 Å². The van der Waals surface area contributed by atoms with Crippen LogP contribution in [0.4, 0.5) is 4.39 Å². The van der Waals surface area contributed by atoms with Crippen molar-refractivity contribution in [2.24, 2.45) is 4.99 Å². The van der Waals surface area contributed by atoms with E-state index in [-0.39, 0.29) is 17.4 Å². The van der Waals surface area contributed by atoms with Crippen molar-refractivity contribution in [2.75, 3.05) is 26.3 Å². The third kappa shape index (κ3) is 6.77. The summed E-state index contributed by atoms with van der Waals surface area (Å²) in [5, 5.41) is 10.7. The van der Waals surface area contributed by atoms with E-state index in [9.17, 15) is 4.39 Å². The number of aliphatic imine (C=N–C) groups is 1. The van der Waals surface area contributed by atoms with Crippen molar-refractivity contribution in [3.8, 4) is 0 Å². The Morgan fingerprint density at radius 1 is 1.13 bits per heavy atom. The molecule has 0 bridgehead atoms. The minimum Gasteiger partial charge on any atom is -0.381 e. The Kier molecular flexibility index (Phi) is 8.43. The molecule has 0 saturated carbocycles. The van der Waals surface area contributed by atoms with Gasteiger partial charge in [-0.25, -0.2) is 9.38 Å². The second-order valence-corrected chi connectivity index (χ2v) is 8.30. The topological polar surface area (TPSA) is 57.7 Å². The summed E-state index contributed by atoms with van der Waals surface area (Å²) in [5.41, 5.74) is 2.70. The third-order valence-electron chi connectivity index (χ3n) is 5.87. The molecule has 1 aliphatic rings. The molecule has 1 fully saturated rings. The number of guanidine groups is 1. The lowest BCUT2D eigenvalue weighted by Gasteiger charge is -2.41. The van der Waals surface area contributed by atoms with Crippen LogP contribution in [-0.4, -0.2) is 37.8 Å². The predicted octanol–water partition coefficient (Wildman–Crippen LogP) is 4.09. The second-order valence-electron chi connectivity index (χ2n) is 8.30. The first kappa shape index (κ1) is 23.2. The summed E-state index contributed by atoms with van der Waals surface area (Å²) in [5.74, 6) is 0.550. The Hall–Kier alpha value is -2.44. The standard InChI is InChI=1S/C25H35FN4O/c1-4-27-24(28-17-21-11-10-19(2)23(26)16-21)29-18-25(12-14-31-15-13-25)30-20(3)22-8-6-5-7-9-22/h5-11,16,20,30H,4,12-15,17-18H2,1-3H3,(H2,27,28,29). The van der Waals surface area contributed by atoms with Crippen LogP contribution in [0.15, 0.2) is 53.5 Å². The van der Waals surface area contributed by atoms with Crippen LogP contribution in [0.3, 0.4) is 0 Å². The Bertz CT molecular complexity index is 850. The average Bonchev–Trinajstić information content (AvgIpc) is 2.79. The number of benzene rings is 2. The maximum Gasteiger partial charge on any atom is 0.191 e. The van der Waals surface area contributed by atoms with Gasteiger partial charge in [0.15, 0.2) is 5.96 Å². The van der Waals surface area contributed by atoms with Crippen LogP contribution in [0, 0.1) is 12.7 Å². The van der Waals surface area contributed by atoms with Gasteiger partial charge in [0.05, 0.1) is 6.54 Å². The van der Waals surface area contributed by atoms with Crippen molar-refractivity contribution >= 4 is 5.96 Å². The molecular weight excluding hydrogens is 391 g/mol. The zero-order valence-electron chi connectivity index (χ0n) is 18.9. The largest absolute Gasteiger partial charge is 0.381 e. The Balaban J connectivity index is 1.68. The van der Waals surface area contributed by atoms with Crippen LogP contribution in [-0.2, 0) is 11.3 Å². The smallest absolute Gasteiger partial charge is 0.191 e. The van der Waals surface area contributed by atoms with Gasteiger partial charge in [-0.1, -0.05) is 42.5 Å². The zero-order valence-corrected chi connectivity index (χ0v) is 18.9. The summed E-state index contributed by atoms with van der Waals surface area (Å²) in [6, 6.07) is 16.0. The van der Waals surface area contributed by atoms with Crippen LogP contribution >= 0.6 is 0 Å². The third-order valence-corrected chi connectivity index (χ3v) is 5.87. The van der Waals surface area contributed by atoms with Gasteiger partial charge in [0, 0.05) is 37.9 Å². The molecule has 5 nitrogen and oxygen atoms in total. The molecular formula is C25H35FN4O. The highest BCUT2D eigenvalue weighted by Crippen LogP contribution is 2.25. The van der Waals surface area contributed by atoms with Crippen molar-refractivity contribution in [1.82, 2.24) is 16.0 Å². The van der Waals surface area contributed by atoms with Crippen LogP contribution in [0.2, 0.25) is 0 Å². The molecule has 2 aromatic carbocycles. The van der Waals surface area contributed by atoms with E-state index in [0.717, 1.165) is 50.7 Å². The monoisotopic (exact) mass is 426 g/mol. The molecule has 1 heterocycles. The van der Waals surface area contributed by atoms with E-state index in [4.69, 9.17) is 4.74 Å². The molecule has 3 rings (SSSR count). The number of hydrogen-bond acceptors (Lipinski definition) is 3. The van der Waals surface area contributed by atoms with Crippen molar-refractivity contribution < 1.29 is 9.13 Å². The molecule has 1 aliphatic heterocycles. The fourth-order valence-electron chi connectivity index (χ4n) is 3.92. The Labute approximate surface area is 185 Å². The highest BCUT2D eigenvalue weighted by Gasteiger charge is 2.34. The van der Waals surface area contributed by atoms with Gasteiger partial charge in [-0.15, -0.1) is 0 Å². The molecule has 168 valence electrons. The van der Waals surface area contributed by atoms with E-state index in [2.05, 4.69) is 52.1 Å². The molecule has 1 saturated heterocycles. The van der Waals surface area contributed by atoms with E-state index in [0.29, 0.717) is 12.1 Å². The molecule has 0 aliphatic carbocycles. The molecule has 6 heteroatoms. The number of hydrogen-bond donors (Lipinski definition) is 3. The van der Waals surface area contributed by atoms with Crippen LogP contribution < -0.4 is 16.0 Å². The van der Waals surface area contributed by atoms with Gasteiger partial charge in [-0.3, -0.25) is 0 Å². The molecule has 0 radical (unpaired) electrons. The fourth-order valence-corrected chi connectivity index (χ4v) is 3.92. The van der Waals surface area contributed by atoms with Crippen LogP contribution in [0.25, 0.3) is 0 Å². The molecule has 31 heavy (non-hydrogen) atoms. The minimum atomic E-state index is -0.189. The lowest BCUT2D eigenvalue weighted by molar-refractivity contribution is 0.0355. The summed E-state index contributed by atoms with van der Waals surface area (Å²) in [4.78, 5) is 4.68. The highest BCUT2D eigenvalue weighted by molar-refractivity contribution is 5.79. The summed E-state index contributed by atoms with van der Waals surface area (Å²) < 4.78 is 19.5. The van der Waals surface area contributed by atoms with Crippen molar-refractivity contribution in [3.05, 3.63) is 71.0 Å². The number of nitrogens with one attached hydrogen (secondary N) is 3. The second kappa shape index (κ2) is 11.3. The summed E-state index contributed by atoms with van der Waals surface area (Å²) >= 11 is 0. The van der Waals surface area contributed by atoms with Crippen LogP contribution in [0.1, 0.15) is 49.4 Å². The quantitative estimate of drug-likeness (QED) is 0.440. The highest BCUT2D eigenvalue weighted by atomic mass is 19.1. The van der Waals surface area contributed by atoms with Crippen molar-refractivity contribution in [2.45, 2.75) is 51.7 Å². The summed E-state index contributed by atoms with van der Waals surface area (Å²) in [7, 11) is 0. The van der Waals surface area contributed by atoms with E-state index in [1.807, 2.05) is 19.1 Å². The number of aryl methyl sites for hydroxylation is 1. The van der Waals surface area contributed by atoms with Crippen LogP contribution in [0.5, 0.6) is 0 Å². The molecule has 1 unspecified atom stereocenters. The van der Waals surface area contributed by atoms with E-state index >= 15 is 0 Å². The fraction of sp³-hybridized carbons (Fsp3) is 0.480. The first-order valence-electron chi connectivity index (χ1n) is 11.2. The normalized spacial score (nSPS) is 17.2. The van der Waals surface area contributed by atoms with E-state index in [1.165, 1.54) is 5.56 Å². The van der Waals surface area contributed by atoms with Gasteiger partial charge in [-0.2, -0.15) is 0 Å². The number of ether oxygens (including phenoxy) is 1. The molecule has 1 atom stereocenters. The SMILES string of the molecule is CCNC(=NCc1ccc(C)c(F)c1)NCC1(NC(C)c2ccccc2)CCOCC1. The summed E-state index contributed by atoms with van der Waals surface area (Å²) in [6.45, 7) is 9.43. The first-order chi connectivity index (χ1) is 15.0. The molecule has 0 amide bonds. The van der Waals surface area contributed by atoms with Crippen molar-refractivity contribution in [3.63, 3.8) is 0 Å². The van der Waals surface area contributed by atoms with E-state index in [1.54, 1.807) is 19.1 Å². The predicted molar refractivity (Wildman–Crippen MR) is 125 cm³/mol. The Morgan fingerprint density at radius 2 is 1.87 bits per heavy atom. The molecule has 0 aromatic heterocycles. The minimum absolute atomic E-state index is 0.0837. The lowest BCUT2D eigenvalue weighted by Crippen LogP contribution is -2.58. The zero-order chi connectivity index (χ0) is 22.1. The number of rotatable bonds is 8. The first-order valence-corrected chi connectivity index (χ1v) is 11.2. The van der Waals surface area contributed by atoms with E-state index < -0.39 is 0 Å². The van der Waals surface area contributed by atoms with Crippen molar-refractivity contribution in [1.29, 1.82) is 0 Å². The maximum absolute atomic E-state index is 13.9. The Morgan fingerprint density at radius 3 is 2.55 bits per heavy atom.